The highest BCUT2D eigenvalue weighted by atomic mass is 127. The summed E-state index contributed by atoms with van der Waals surface area (Å²) in [6, 6.07) is 7.39. The van der Waals surface area contributed by atoms with Crippen molar-refractivity contribution >= 4 is 34.4 Å². The predicted molar refractivity (Wildman–Crippen MR) is 72.7 cm³/mol. The van der Waals surface area contributed by atoms with E-state index in [1.807, 2.05) is 12.1 Å². The molecular weight excluding hydrogens is 331 g/mol. The molecule has 4 nitrogen and oxygen atoms in total. The number of amides is 2. The maximum atomic E-state index is 12.2. The zero-order valence-corrected chi connectivity index (χ0v) is 11.4. The molecule has 0 aliphatic carbocycles. The van der Waals surface area contributed by atoms with Crippen LogP contribution in [0.25, 0.3) is 0 Å². The van der Waals surface area contributed by atoms with Gasteiger partial charge in [-0.3, -0.25) is 9.59 Å². The first-order chi connectivity index (χ1) is 8.16. The molecule has 1 aromatic rings. The maximum absolute atomic E-state index is 12.2. The van der Waals surface area contributed by atoms with E-state index in [2.05, 4.69) is 27.9 Å². The minimum absolute atomic E-state index is 0.0709. The summed E-state index contributed by atoms with van der Waals surface area (Å²) in [5.41, 5.74) is 0.639. The lowest BCUT2D eigenvalue weighted by atomic mass is 10.2. The molecule has 1 heterocycles. The lowest BCUT2D eigenvalue weighted by Gasteiger charge is -2.18. The number of benzene rings is 1. The lowest BCUT2D eigenvalue weighted by Crippen LogP contribution is -2.37. The highest BCUT2D eigenvalue weighted by molar-refractivity contribution is 14.1. The van der Waals surface area contributed by atoms with E-state index in [9.17, 15) is 9.59 Å². The fraction of sp³-hybridized carbons (Fsp3) is 0.333. The van der Waals surface area contributed by atoms with Gasteiger partial charge < -0.3 is 10.2 Å². The van der Waals surface area contributed by atoms with Gasteiger partial charge in [0.25, 0.3) is 5.91 Å². The van der Waals surface area contributed by atoms with Gasteiger partial charge in [0, 0.05) is 22.2 Å². The molecule has 2 amide bonds. The van der Waals surface area contributed by atoms with Crippen LogP contribution in [0, 0.1) is 3.57 Å². The molecule has 5 heteroatoms. The van der Waals surface area contributed by atoms with Gasteiger partial charge in [-0.15, -0.1) is 0 Å². The third-order valence-electron chi connectivity index (χ3n) is 2.64. The Morgan fingerprint density at radius 2 is 2.00 bits per heavy atom. The molecule has 1 saturated heterocycles. The van der Waals surface area contributed by atoms with Gasteiger partial charge >= 0.3 is 0 Å². The van der Waals surface area contributed by atoms with Crippen molar-refractivity contribution in [1.82, 2.24) is 10.2 Å². The van der Waals surface area contributed by atoms with Crippen LogP contribution in [-0.2, 0) is 4.79 Å². The molecule has 1 aliphatic rings. The molecule has 2 rings (SSSR count). The SMILES string of the molecule is O=C1CN(C(=O)c2ccc(I)cc2)CCCN1. The van der Waals surface area contributed by atoms with Crippen LogP contribution in [0.3, 0.4) is 0 Å². The highest BCUT2D eigenvalue weighted by Gasteiger charge is 2.20. The van der Waals surface area contributed by atoms with Crippen molar-refractivity contribution in [1.29, 1.82) is 0 Å². The number of carbonyl (C=O) groups excluding carboxylic acids is 2. The second-order valence-electron chi connectivity index (χ2n) is 3.94. The molecule has 0 bridgehead atoms. The fourth-order valence-electron chi connectivity index (χ4n) is 1.75. The smallest absolute Gasteiger partial charge is 0.254 e. The first-order valence-corrected chi connectivity index (χ1v) is 6.56. The Bertz CT molecular complexity index is 431. The maximum Gasteiger partial charge on any atom is 0.254 e. The summed E-state index contributed by atoms with van der Waals surface area (Å²) in [5, 5.41) is 2.76. The van der Waals surface area contributed by atoms with E-state index in [0.29, 0.717) is 18.7 Å². The van der Waals surface area contributed by atoms with Crippen LogP contribution in [-0.4, -0.2) is 36.3 Å². The molecule has 0 aromatic heterocycles. The number of hydrogen-bond donors (Lipinski definition) is 1. The van der Waals surface area contributed by atoms with E-state index in [-0.39, 0.29) is 18.4 Å². The van der Waals surface area contributed by atoms with Gasteiger partial charge in [0.15, 0.2) is 0 Å². The molecular formula is C12H13IN2O2. The molecule has 1 N–H and O–H groups in total. The number of rotatable bonds is 1. The molecule has 0 spiro atoms. The lowest BCUT2D eigenvalue weighted by molar-refractivity contribution is -0.121. The zero-order chi connectivity index (χ0) is 12.3. The minimum Gasteiger partial charge on any atom is -0.354 e. The van der Waals surface area contributed by atoms with Crippen LogP contribution < -0.4 is 5.32 Å². The average molecular weight is 344 g/mol. The van der Waals surface area contributed by atoms with E-state index in [0.717, 1.165) is 9.99 Å². The Labute approximate surface area is 114 Å². The van der Waals surface area contributed by atoms with E-state index < -0.39 is 0 Å². The first-order valence-electron chi connectivity index (χ1n) is 5.48. The molecule has 0 unspecified atom stereocenters. The van der Waals surface area contributed by atoms with Gasteiger partial charge in [0.1, 0.15) is 0 Å². The van der Waals surface area contributed by atoms with E-state index in [4.69, 9.17) is 0 Å². The molecule has 1 aromatic carbocycles. The van der Waals surface area contributed by atoms with Crippen molar-refractivity contribution < 1.29 is 9.59 Å². The van der Waals surface area contributed by atoms with E-state index >= 15 is 0 Å². The Balaban J connectivity index is 2.13. The monoisotopic (exact) mass is 344 g/mol. The summed E-state index contributed by atoms with van der Waals surface area (Å²) in [7, 11) is 0. The zero-order valence-electron chi connectivity index (χ0n) is 9.28. The molecule has 1 fully saturated rings. The average Bonchev–Trinajstić information content (AvgIpc) is 2.54. The van der Waals surface area contributed by atoms with E-state index in [1.54, 1.807) is 17.0 Å². The van der Waals surface area contributed by atoms with Crippen LogP contribution in [0.5, 0.6) is 0 Å². The highest BCUT2D eigenvalue weighted by Crippen LogP contribution is 2.10. The quantitative estimate of drug-likeness (QED) is 0.780. The standard InChI is InChI=1S/C12H13IN2O2/c13-10-4-2-9(3-5-10)12(17)15-7-1-6-14-11(16)8-15/h2-5H,1,6-8H2,(H,14,16). The van der Waals surface area contributed by atoms with Crippen LogP contribution in [0.15, 0.2) is 24.3 Å². The van der Waals surface area contributed by atoms with Gasteiger partial charge in [0.2, 0.25) is 5.91 Å². The van der Waals surface area contributed by atoms with Crippen LogP contribution >= 0.6 is 22.6 Å². The molecule has 0 atom stereocenters. The van der Waals surface area contributed by atoms with Crippen molar-refractivity contribution in [3.05, 3.63) is 33.4 Å². The van der Waals surface area contributed by atoms with Gasteiger partial charge in [0.05, 0.1) is 6.54 Å². The summed E-state index contributed by atoms with van der Waals surface area (Å²) in [6.45, 7) is 1.43. The number of carbonyl (C=O) groups is 2. The second-order valence-corrected chi connectivity index (χ2v) is 5.18. The summed E-state index contributed by atoms with van der Waals surface area (Å²) in [4.78, 5) is 25.1. The molecule has 0 saturated carbocycles. The van der Waals surface area contributed by atoms with Crippen molar-refractivity contribution in [3.63, 3.8) is 0 Å². The van der Waals surface area contributed by atoms with Crippen LogP contribution in [0.4, 0.5) is 0 Å². The summed E-state index contributed by atoms with van der Waals surface area (Å²) < 4.78 is 1.09. The van der Waals surface area contributed by atoms with Crippen molar-refractivity contribution in [2.24, 2.45) is 0 Å². The van der Waals surface area contributed by atoms with Gasteiger partial charge in [-0.1, -0.05) is 0 Å². The molecule has 17 heavy (non-hydrogen) atoms. The van der Waals surface area contributed by atoms with Crippen molar-refractivity contribution in [3.8, 4) is 0 Å². The van der Waals surface area contributed by atoms with E-state index in [1.165, 1.54) is 0 Å². The number of nitrogens with zero attached hydrogens (tertiary/aromatic N) is 1. The topological polar surface area (TPSA) is 49.4 Å². The summed E-state index contributed by atoms with van der Waals surface area (Å²) in [6.07, 6.45) is 0.807. The van der Waals surface area contributed by atoms with Crippen LogP contribution in [0.1, 0.15) is 16.8 Å². The Morgan fingerprint density at radius 3 is 2.71 bits per heavy atom. The predicted octanol–water partition coefficient (Wildman–Crippen LogP) is 1.25. The Kier molecular flexibility index (Phi) is 3.98. The molecule has 90 valence electrons. The van der Waals surface area contributed by atoms with Gasteiger partial charge in [-0.05, 0) is 53.3 Å². The number of halogens is 1. The normalized spacial score (nSPS) is 16.3. The summed E-state index contributed by atoms with van der Waals surface area (Å²) >= 11 is 2.19. The second kappa shape index (κ2) is 5.48. The number of hydrogen-bond acceptors (Lipinski definition) is 2. The van der Waals surface area contributed by atoms with Gasteiger partial charge in [-0.25, -0.2) is 0 Å². The Morgan fingerprint density at radius 1 is 1.29 bits per heavy atom. The van der Waals surface area contributed by atoms with Crippen molar-refractivity contribution in [2.45, 2.75) is 6.42 Å². The number of nitrogens with one attached hydrogen (secondary N) is 1. The molecule has 0 radical (unpaired) electrons. The fourth-order valence-corrected chi connectivity index (χ4v) is 2.11. The third-order valence-corrected chi connectivity index (χ3v) is 3.36. The third kappa shape index (κ3) is 3.18. The van der Waals surface area contributed by atoms with Crippen molar-refractivity contribution in [2.75, 3.05) is 19.6 Å². The van der Waals surface area contributed by atoms with Gasteiger partial charge in [-0.2, -0.15) is 0 Å². The van der Waals surface area contributed by atoms with Crippen LogP contribution in [0.2, 0.25) is 0 Å². The largest absolute Gasteiger partial charge is 0.354 e. The minimum atomic E-state index is -0.0821. The summed E-state index contributed by atoms with van der Waals surface area (Å²) in [5.74, 6) is -0.153. The Hall–Kier alpha value is -1.11. The molecule has 1 aliphatic heterocycles. The first kappa shape index (κ1) is 12.3.